The molecular formula is C12H15N3O2. The number of nitrogens with zero attached hydrogens (tertiary/aromatic N) is 2. The summed E-state index contributed by atoms with van der Waals surface area (Å²) in [6.45, 7) is 2.76. The highest BCUT2D eigenvalue weighted by Gasteiger charge is 2.12. The summed E-state index contributed by atoms with van der Waals surface area (Å²) in [6.07, 6.45) is 1.73. The average molecular weight is 233 g/mol. The summed E-state index contributed by atoms with van der Waals surface area (Å²) >= 11 is 0. The van der Waals surface area contributed by atoms with Gasteiger partial charge >= 0.3 is 0 Å². The summed E-state index contributed by atoms with van der Waals surface area (Å²) in [6, 6.07) is 7.33. The molecule has 90 valence electrons. The van der Waals surface area contributed by atoms with E-state index in [1.165, 1.54) is 6.20 Å². The second-order valence-electron chi connectivity index (χ2n) is 3.71. The first-order valence-corrected chi connectivity index (χ1v) is 5.57. The standard InChI is InChI=1S/C12H15N3O2/c1-2-7-17-10-5-3-9(4-6-10)12(16)11-8-13-15-14-11/h3-6,8,12,16H,2,7H2,1H3,(H,13,14,15). The Hall–Kier alpha value is -1.88. The molecule has 0 aliphatic carbocycles. The minimum absolute atomic E-state index is 0.507. The van der Waals surface area contributed by atoms with Crippen LogP contribution in [0.2, 0.25) is 0 Å². The number of aromatic amines is 1. The maximum absolute atomic E-state index is 9.98. The fraction of sp³-hybridized carbons (Fsp3) is 0.333. The zero-order chi connectivity index (χ0) is 12.1. The van der Waals surface area contributed by atoms with Crippen LogP contribution >= 0.6 is 0 Å². The van der Waals surface area contributed by atoms with Crippen molar-refractivity contribution in [2.24, 2.45) is 0 Å². The highest BCUT2D eigenvalue weighted by molar-refractivity contribution is 5.31. The van der Waals surface area contributed by atoms with Gasteiger partial charge in [0.15, 0.2) is 0 Å². The third-order valence-electron chi connectivity index (χ3n) is 2.38. The number of hydrogen-bond donors (Lipinski definition) is 2. The molecule has 2 aromatic rings. The van der Waals surface area contributed by atoms with E-state index in [1.54, 1.807) is 0 Å². The summed E-state index contributed by atoms with van der Waals surface area (Å²) in [4.78, 5) is 0. The molecule has 0 fully saturated rings. The Labute approximate surface area is 99.4 Å². The van der Waals surface area contributed by atoms with E-state index in [9.17, 15) is 5.11 Å². The molecule has 0 radical (unpaired) electrons. The zero-order valence-electron chi connectivity index (χ0n) is 9.63. The molecule has 5 heteroatoms. The zero-order valence-corrected chi connectivity index (χ0v) is 9.63. The first-order valence-electron chi connectivity index (χ1n) is 5.57. The first-order chi connectivity index (χ1) is 8.31. The van der Waals surface area contributed by atoms with Gasteiger partial charge in [0.1, 0.15) is 17.5 Å². The van der Waals surface area contributed by atoms with Crippen LogP contribution in [0.1, 0.15) is 30.7 Å². The Balaban J connectivity index is 2.07. The van der Waals surface area contributed by atoms with E-state index in [-0.39, 0.29) is 0 Å². The van der Waals surface area contributed by atoms with Gasteiger partial charge in [0.05, 0.1) is 12.8 Å². The van der Waals surface area contributed by atoms with Crippen molar-refractivity contribution in [2.45, 2.75) is 19.4 Å². The lowest BCUT2D eigenvalue weighted by molar-refractivity contribution is 0.215. The van der Waals surface area contributed by atoms with Crippen LogP contribution in [0, 0.1) is 0 Å². The minimum Gasteiger partial charge on any atom is -0.494 e. The molecule has 1 atom stereocenters. The molecule has 0 aliphatic rings. The van der Waals surface area contributed by atoms with Crippen LogP contribution in [0.15, 0.2) is 30.5 Å². The fourth-order valence-corrected chi connectivity index (χ4v) is 1.48. The number of nitrogens with one attached hydrogen (secondary N) is 1. The van der Waals surface area contributed by atoms with Crippen molar-refractivity contribution in [3.05, 3.63) is 41.7 Å². The number of hydrogen-bond acceptors (Lipinski definition) is 4. The van der Waals surface area contributed by atoms with Gasteiger partial charge in [-0.05, 0) is 24.1 Å². The lowest BCUT2D eigenvalue weighted by atomic mass is 10.1. The van der Waals surface area contributed by atoms with Crippen LogP contribution in [-0.4, -0.2) is 27.1 Å². The fourth-order valence-electron chi connectivity index (χ4n) is 1.48. The average Bonchev–Trinajstić information content (AvgIpc) is 2.90. The smallest absolute Gasteiger partial charge is 0.124 e. The van der Waals surface area contributed by atoms with Crippen molar-refractivity contribution in [1.29, 1.82) is 0 Å². The Morgan fingerprint density at radius 2 is 2.12 bits per heavy atom. The second kappa shape index (κ2) is 5.45. The molecule has 0 saturated carbocycles. The van der Waals surface area contributed by atoms with E-state index in [2.05, 4.69) is 22.3 Å². The largest absolute Gasteiger partial charge is 0.494 e. The molecule has 1 heterocycles. The summed E-state index contributed by atoms with van der Waals surface area (Å²) in [5.41, 5.74) is 1.27. The highest BCUT2D eigenvalue weighted by atomic mass is 16.5. The lowest BCUT2D eigenvalue weighted by Crippen LogP contribution is -2.00. The van der Waals surface area contributed by atoms with Gasteiger partial charge in [-0.1, -0.05) is 19.1 Å². The van der Waals surface area contributed by atoms with Crippen LogP contribution in [0.3, 0.4) is 0 Å². The van der Waals surface area contributed by atoms with Gasteiger partial charge in [-0.3, -0.25) is 0 Å². The van der Waals surface area contributed by atoms with Gasteiger partial charge in [-0.15, -0.1) is 0 Å². The summed E-state index contributed by atoms with van der Waals surface area (Å²) in [5.74, 6) is 0.808. The quantitative estimate of drug-likeness (QED) is 0.824. The van der Waals surface area contributed by atoms with Crippen molar-refractivity contribution in [1.82, 2.24) is 15.4 Å². The van der Waals surface area contributed by atoms with E-state index in [0.29, 0.717) is 12.3 Å². The predicted molar refractivity (Wildman–Crippen MR) is 62.7 cm³/mol. The molecule has 2 N–H and O–H groups in total. The molecule has 0 saturated heterocycles. The number of aliphatic hydroxyl groups excluding tert-OH is 1. The topological polar surface area (TPSA) is 71.0 Å². The SMILES string of the molecule is CCCOc1ccc(C(O)c2cn[nH]n2)cc1. The van der Waals surface area contributed by atoms with Gasteiger partial charge < -0.3 is 9.84 Å². The van der Waals surface area contributed by atoms with Crippen molar-refractivity contribution in [3.63, 3.8) is 0 Å². The van der Waals surface area contributed by atoms with Gasteiger partial charge in [-0.25, -0.2) is 0 Å². The van der Waals surface area contributed by atoms with Crippen molar-refractivity contribution >= 4 is 0 Å². The Morgan fingerprint density at radius 1 is 1.35 bits per heavy atom. The lowest BCUT2D eigenvalue weighted by Gasteiger charge is -2.09. The van der Waals surface area contributed by atoms with Gasteiger partial charge in [0.25, 0.3) is 0 Å². The number of aliphatic hydroxyl groups is 1. The van der Waals surface area contributed by atoms with Gasteiger partial charge in [0.2, 0.25) is 0 Å². The van der Waals surface area contributed by atoms with Gasteiger partial charge in [-0.2, -0.15) is 15.4 Å². The Kier molecular flexibility index (Phi) is 3.72. The molecule has 5 nitrogen and oxygen atoms in total. The number of H-pyrrole nitrogens is 1. The maximum Gasteiger partial charge on any atom is 0.124 e. The van der Waals surface area contributed by atoms with Crippen LogP contribution < -0.4 is 4.74 Å². The third-order valence-corrected chi connectivity index (χ3v) is 2.38. The number of ether oxygens (including phenoxy) is 1. The van der Waals surface area contributed by atoms with Crippen LogP contribution in [-0.2, 0) is 0 Å². The number of rotatable bonds is 5. The van der Waals surface area contributed by atoms with E-state index in [1.807, 2.05) is 24.3 Å². The van der Waals surface area contributed by atoms with Crippen LogP contribution in [0.25, 0.3) is 0 Å². The summed E-state index contributed by atoms with van der Waals surface area (Å²) in [7, 11) is 0. The molecule has 17 heavy (non-hydrogen) atoms. The normalized spacial score (nSPS) is 12.4. The van der Waals surface area contributed by atoms with Crippen molar-refractivity contribution in [3.8, 4) is 5.75 Å². The molecule has 1 aromatic carbocycles. The molecule has 0 bridgehead atoms. The van der Waals surface area contributed by atoms with Crippen molar-refractivity contribution < 1.29 is 9.84 Å². The summed E-state index contributed by atoms with van der Waals surface area (Å²) in [5, 5.41) is 20.0. The van der Waals surface area contributed by atoms with E-state index >= 15 is 0 Å². The molecule has 1 unspecified atom stereocenters. The first kappa shape index (κ1) is 11.6. The number of aromatic nitrogens is 3. The van der Waals surface area contributed by atoms with Crippen LogP contribution in [0.4, 0.5) is 0 Å². The molecule has 2 rings (SSSR count). The van der Waals surface area contributed by atoms with Crippen molar-refractivity contribution in [2.75, 3.05) is 6.61 Å². The van der Waals surface area contributed by atoms with Crippen LogP contribution in [0.5, 0.6) is 5.75 Å². The molecule has 1 aromatic heterocycles. The number of benzene rings is 1. The van der Waals surface area contributed by atoms with E-state index in [4.69, 9.17) is 4.74 Å². The Bertz CT molecular complexity index is 439. The van der Waals surface area contributed by atoms with E-state index < -0.39 is 6.10 Å². The second-order valence-corrected chi connectivity index (χ2v) is 3.71. The molecule has 0 spiro atoms. The maximum atomic E-state index is 9.98. The Morgan fingerprint density at radius 3 is 2.71 bits per heavy atom. The molecular weight excluding hydrogens is 218 g/mol. The van der Waals surface area contributed by atoms with E-state index in [0.717, 1.165) is 17.7 Å². The monoisotopic (exact) mass is 233 g/mol. The third kappa shape index (κ3) is 2.82. The summed E-state index contributed by atoms with van der Waals surface area (Å²) < 4.78 is 5.46. The molecule has 0 aliphatic heterocycles. The molecule has 0 amide bonds. The van der Waals surface area contributed by atoms with Gasteiger partial charge in [0, 0.05) is 0 Å². The predicted octanol–water partition coefficient (Wildman–Crippen LogP) is 1.68. The minimum atomic E-state index is -0.756. The highest BCUT2D eigenvalue weighted by Crippen LogP contribution is 2.21.